The summed E-state index contributed by atoms with van der Waals surface area (Å²) in [6.07, 6.45) is 4.88. The predicted molar refractivity (Wildman–Crippen MR) is 160 cm³/mol. The molecule has 0 atom stereocenters. The molecule has 1 aliphatic rings. The van der Waals surface area contributed by atoms with Crippen LogP contribution in [-0.2, 0) is 14.8 Å². The molecule has 2 heterocycles. The van der Waals surface area contributed by atoms with E-state index in [1.165, 1.54) is 6.08 Å². The van der Waals surface area contributed by atoms with Gasteiger partial charge in [0, 0.05) is 36.1 Å². The molecule has 8 nitrogen and oxygen atoms in total. The number of aryl methyl sites for hydroxylation is 1. The second-order valence-electron chi connectivity index (χ2n) is 10.3. The van der Waals surface area contributed by atoms with Crippen LogP contribution in [0.3, 0.4) is 0 Å². The number of carbonyl (C=O) groups is 1. The minimum Gasteiger partial charge on any atom is -0.321 e. The highest BCUT2D eigenvalue weighted by Gasteiger charge is 2.28. The first kappa shape index (κ1) is 28.0. The van der Waals surface area contributed by atoms with E-state index in [0.29, 0.717) is 41.5 Å². The smallest absolute Gasteiger partial charge is 0.266 e. The molecule has 0 bridgehead atoms. The van der Waals surface area contributed by atoms with Crippen molar-refractivity contribution in [1.82, 2.24) is 14.1 Å². The van der Waals surface area contributed by atoms with E-state index in [-0.39, 0.29) is 10.5 Å². The monoisotopic (exact) mass is 565 g/mol. The lowest BCUT2D eigenvalue weighted by atomic mass is 10.0. The number of para-hydroxylation sites is 1. The first-order chi connectivity index (χ1) is 19.7. The molecule has 41 heavy (non-hydrogen) atoms. The van der Waals surface area contributed by atoms with Crippen molar-refractivity contribution < 1.29 is 13.2 Å². The molecule has 0 unspecified atom stereocenters. The van der Waals surface area contributed by atoms with E-state index in [1.807, 2.05) is 55.5 Å². The largest absolute Gasteiger partial charge is 0.321 e. The molecular formula is C32H31N5O3S. The van der Waals surface area contributed by atoms with Gasteiger partial charge in [-0.3, -0.25) is 4.79 Å². The van der Waals surface area contributed by atoms with Crippen molar-refractivity contribution in [3.05, 3.63) is 102 Å². The molecule has 0 radical (unpaired) electrons. The summed E-state index contributed by atoms with van der Waals surface area (Å²) >= 11 is 0. The number of aromatic nitrogens is 2. The second kappa shape index (κ2) is 11.9. The molecule has 208 valence electrons. The maximum Gasteiger partial charge on any atom is 0.266 e. The average Bonchev–Trinajstić information content (AvgIpc) is 3.42. The molecule has 3 aromatic carbocycles. The lowest BCUT2D eigenvalue weighted by Gasteiger charge is -2.29. The summed E-state index contributed by atoms with van der Waals surface area (Å²) in [5.41, 5.74) is 3.82. The van der Waals surface area contributed by atoms with Crippen molar-refractivity contribution in [2.45, 2.75) is 31.6 Å². The summed E-state index contributed by atoms with van der Waals surface area (Å²) in [6, 6.07) is 25.4. The number of sulfonamides is 1. The van der Waals surface area contributed by atoms with Crippen LogP contribution in [0.4, 0.5) is 5.69 Å². The fourth-order valence-electron chi connectivity index (χ4n) is 4.75. The van der Waals surface area contributed by atoms with Crippen LogP contribution < -0.4 is 5.32 Å². The van der Waals surface area contributed by atoms with E-state index >= 15 is 0 Å². The van der Waals surface area contributed by atoms with E-state index in [9.17, 15) is 18.5 Å². The number of rotatable bonds is 7. The van der Waals surface area contributed by atoms with E-state index in [2.05, 4.69) is 12.2 Å². The van der Waals surface area contributed by atoms with Crippen molar-refractivity contribution in [3.63, 3.8) is 0 Å². The SMILES string of the molecule is Cc1ccc(NC(=O)C(C#N)=Cc2cn(-c3ccccc3)nc2-c2cccc(S(=O)(=O)N3CCC(C)CC3)c2)cc1. The summed E-state index contributed by atoms with van der Waals surface area (Å²) in [5, 5.41) is 17.4. The summed E-state index contributed by atoms with van der Waals surface area (Å²) in [6.45, 7) is 5.07. The molecule has 0 aliphatic carbocycles. The normalized spacial score (nSPS) is 14.9. The number of carbonyl (C=O) groups excluding carboxylic acids is 1. The fraction of sp³-hybridized carbons (Fsp3) is 0.219. The summed E-state index contributed by atoms with van der Waals surface area (Å²) in [7, 11) is -3.69. The highest BCUT2D eigenvalue weighted by atomic mass is 32.2. The van der Waals surface area contributed by atoms with Gasteiger partial charge in [0.2, 0.25) is 10.0 Å². The van der Waals surface area contributed by atoms with Crippen LogP contribution in [0.1, 0.15) is 30.9 Å². The number of nitriles is 1. The maximum atomic E-state index is 13.5. The van der Waals surface area contributed by atoms with Crippen LogP contribution in [-0.4, -0.2) is 41.5 Å². The fourth-order valence-corrected chi connectivity index (χ4v) is 6.26. The number of hydrogen-bond acceptors (Lipinski definition) is 5. The topological polar surface area (TPSA) is 108 Å². The van der Waals surface area contributed by atoms with Gasteiger partial charge in [-0.2, -0.15) is 14.7 Å². The molecule has 9 heteroatoms. The van der Waals surface area contributed by atoms with Crippen LogP contribution >= 0.6 is 0 Å². The summed E-state index contributed by atoms with van der Waals surface area (Å²) in [5.74, 6) is -0.0490. The first-order valence-electron chi connectivity index (χ1n) is 13.5. The zero-order valence-electron chi connectivity index (χ0n) is 23.0. The van der Waals surface area contributed by atoms with Crippen molar-refractivity contribution in [2.75, 3.05) is 18.4 Å². The Kier molecular flexibility index (Phi) is 8.15. The van der Waals surface area contributed by atoms with Crippen molar-refractivity contribution in [2.24, 2.45) is 5.92 Å². The van der Waals surface area contributed by atoms with E-state index in [4.69, 9.17) is 5.10 Å². The number of benzene rings is 3. The number of nitrogens with zero attached hydrogens (tertiary/aromatic N) is 4. The van der Waals surface area contributed by atoms with Crippen molar-refractivity contribution in [3.8, 4) is 23.0 Å². The molecular weight excluding hydrogens is 534 g/mol. The van der Waals surface area contributed by atoms with Crippen LogP contribution in [0.15, 0.2) is 95.5 Å². The van der Waals surface area contributed by atoms with Gasteiger partial charge in [0.25, 0.3) is 5.91 Å². The second-order valence-corrected chi connectivity index (χ2v) is 12.3. The number of nitrogens with one attached hydrogen (secondary N) is 1. The molecule has 0 saturated carbocycles. The van der Waals surface area contributed by atoms with Gasteiger partial charge in [0.15, 0.2) is 0 Å². The highest BCUT2D eigenvalue weighted by molar-refractivity contribution is 7.89. The molecule has 1 saturated heterocycles. The Balaban J connectivity index is 1.54. The standard InChI is InChI=1S/C32H31N5O3S/c1-23-11-13-28(14-12-23)34-32(38)26(21-33)19-27-22-37(29-8-4-3-5-9-29)35-31(27)25-7-6-10-30(20-25)41(39,40)36-17-15-24(2)16-18-36/h3-14,19-20,22,24H,15-18H2,1-2H3,(H,34,38). The molecule has 1 aliphatic heterocycles. The lowest BCUT2D eigenvalue weighted by molar-refractivity contribution is -0.112. The predicted octanol–water partition coefficient (Wildman–Crippen LogP) is 5.81. The van der Waals surface area contributed by atoms with Gasteiger partial charge < -0.3 is 5.32 Å². The first-order valence-corrected chi connectivity index (χ1v) is 14.9. The quantitative estimate of drug-likeness (QED) is 0.225. The van der Waals surface area contributed by atoms with Crippen molar-refractivity contribution >= 4 is 27.7 Å². The Hall–Kier alpha value is -4.52. The van der Waals surface area contributed by atoms with Crippen LogP contribution in [0.5, 0.6) is 0 Å². The van der Waals surface area contributed by atoms with Crippen LogP contribution in [0, 0.1) is 24.2 Å². The number of anilines is 1. The van der Waals surface area contributed by atoms with E-state index in [0.717, 1.165) is 24.1 Å². The molecule has 1 N–H and O–H groups in total. The minimum atomic E-state index is -3.69. The van der Waals surface area contributed by atoms with Gasteiger partial charge in [-0.25, -0.2) is 13.1 Å². The van der Waals surface area contributed by atoms with Gasteiger partial charge in [-0.1, -0.05) is 55.0 Å². The van der Waals surface area contributed by atoms with Gasteiger partial charge in [-0.05, 0) is 68.2 Å². The van der Waals surface area contributed by atoms with Crippen LogP contribution in [0.25, 0.3) is 23.0 Å². The Morgan fingerprint density at radius 1 is 1.02 bits per heavy atom. The van der Waals surface area contributed by atoms with Crippen LogP contribution in [0.2, 0.25) is 0 Å². The molecule has 1 amide bonds. The molecule has 1 aromatic heterocycles. The number of piperidine rings is 1. The Labute approximate surface area is 240 Å². The van der Waals surface area contributed by atoms with Gasteiger partial charge in [0.05, 0.1) is 10.6 Å². The number of hydrogen-bond donors (Lipinski definition) is 1. The van der Waals surface area contributed by atoms with Crippen molar-refractivity contribution in [1.29, 1.82) is 5.26 Å². The van der Waals surface area contributed by atoms with E-state index in [1.54, 1.807) is 51.6 Å². The molecule has 0 spiro atoms. The third kappa shape index (κ3) is 6.30. The number of amides is 1. The Morgan fingerprint density at radius 3 is 2.41 bits per heavy atom. The lowest BCUT2D eigenvalue weighted by Crippen LogP contribution is -2.37. The molecule has 4 aromatic rings. The Bertz CT molecular complexity index is 1730. The Morgan fingerprint density at radius 2 is 1.73 bits per heavy atom. The molecule has 1 fully saturated rings. The zero-order valence-corrected chi connectivity index (χ0v) is 23.8. The minimum absolute atomic E-state index is 0.106. The van der Waals surface area contributed by atoms with E-state index < -0.39 is 15.9 Å². The highest BCUT2D eigenvalue weighted by Crippen LogP contribution is 2.30. The average molecular weight is 566 g/mol. The summed E-state index contributed by atoms with van der Waals surface area (Å²) < 4.78 is 30.2. The maximum absolute atomic E-state index is 13.5. The zero-order chi connectivity index (χ0) is 29.0. The third-order valence-corrected chi connectivity index (χ3v) is 9.12. The third-order valence-electron chi connectivity index (χ3n) is 7.23. The van der Waals surface area contributed by atoms with Gasteiger partial charge in [0.1, 0.15) is 17.3 Å². The van der Waals surface area contributed by atoms with Gasteiger partial charge in [-0.15, -0.1) is 0 Å². The summed E-state index contributed by atoms with van der Waals surface area (Å²) in [4.78, 5) is 13.2. The molecule has 5 rings (SSSR count). The van der Waals surface area contributed by atoms with Gasteiger partial charge >= 0.3 is 0 Å².